The molecule has 0 aliphatic carbocycles. The minimum absolute atomic E-state index is 0.00676. The summed E-state index contributed by atoms with van der Waals surface area (Å²) in [5.74, 6) is 0.430. The summed E-state index contributed by atoms with van der Waals surface area (Å²) in [6, 6.07) is 12.8. The van der Waals surface area contributed by atoms with Crippen LogP contribution in [0.4, 0.5) is 0 Å². The number of hydrogen-bond donors (Lipinski definition) is 0. The number of rotatable bonds is 7. The van der Waals surface area contributed by atoms with E-state index in [1.165, 1.54) is 11.8 Å². The third-order valence-corrected chi connectivity index (χ3v) is 5.03. The maximum atomic E-state index is 12.8. The Hall–Kier alpha value is -4.14. The second kappa shape index (κ2) is 8.54. The van der Waals surface area contributed by atoms with Gasteiger partial charge < -0.3 is 14.0 Å². The average Bonchev–Trinajstić information content (AvgIpc) is 3.49. The van der Waals surface area contributed by atoms with Crippen LogP contribution in [0, 0.1) is 20.8 Å². The Kier molecular flexibility index (Phi) is 5.63. The van der Waals surface area contributed by atoms with Gasteiger partial charge in [0.1, 0.15) is 5.76 Å². The van der Waals surface area contributed by atoms with Gasteiger partial charge in [-0.1, -0.05) is 23.4 Å². The summed E-state index contributed by atoms with van der Waals surface area (Å²) in [6.45, 7) is 5.03. The standard InChI is InChI=1S/C23H22N4O5/c1-14-10-18(16(3)27(14)21-11-15(2)32-25-21)19(28)13-31-23(29)22-20(30-4)12-26(24-22)17-8-6-5-7-9-17/h5-12H,13H2,1-4H3. The number of ether oxygens (including phenoxy) is 2. The van der Waals surface area contributed by atoms with Crippen LogP contribution in [0.25, 0.3) is 11.5 Å². The van der Waals surface area contributed by atoms with E-state index in [1.807, 2.05) is 41.8 Å². The number of carbonyl (C=O) groups is 2. The van der Waals surface area contributed by atoms with E-state index >= 15 is 0 Å². The Morgan fingerprint density at radius 1 is 1.09 bits per heavy atom. The molecule has 0 saturated heterocycles. The van der Waals surface area contributed by atoms with Crippen molar-refractivity contribution in [2.75, 3.05) is 13.7 Å². The minimum Gasteiger partial charge on any atom is -0.493 e. The van der Waals surface area contributed by atoms with Gasteiger partial charge >= 0.3 is 5.97 Å². The molecular weight excluding hydrogens is 412 g/mol. The van der Waals surface area contributed by atoms with Gasteiger partial charge in [-0.25, -0.2) is 9.48 Å². The van der Waals surface area contributed by atoms with E-state index in [0.717, 1.165) is 11.4 Å². The molecule has 0 atom stereocenters. The van der Waals surface area contributed by atoms with E-state index in [1.54, 1.807) is 32.2 Å². The quantitative estimate of drug-likeness (QED) is 0.323. The van der Waals surface area contributed by atoms with Crippen LogP contribution in [0.5, 0.6) is 5.75 Å². The highest BCUT2D eigenvalue weighted by molar-refractivity contribution is 6.00. The van der Waals surface area contributed by atoms with Crippen molar-refractivity contribution >= 4 is 11.8 Å². The zero-order valence-corrected chi connectivity index (χ0v) is 18.2. The van der Waals surface area contributed by atoms with Gasteiger partial charge in [-0.3, -0.25) is 9.36 Å². The van der Waals surface area contributed by atoms with Crippen LogP contribution in [0.2, 0.25) is 0 Å². The smallest absolute Gasteiger partial charge is 0.363 e. The van der Waals surface area contributed by atoms with E-state index in [2.05, 4.69) is 10.3 Å². The molecular formula is C23H22N4O5. The van der Waals surface area contributed by atoms with Gasteiger partial charge in [0.25, 0.3) is 0 Å². The van der Waals surface area contributed by atoms with Gasteiger partial charge in [-0.15, -0.1) is 0 Å². The van der Waals surface area contributed by atoms with Crippen molar-refractivity contribution < 1.29 is 23.6 Å². The van der Waals surface area contributed by atoms with Crippen molar-refractivity contribution in [3.05, 3.63) is 77.1 Å². The SMILES string of the molecule is COc1cn(-c2ccccc2)nc1C(=O)OCC(=O)c1cc(C)n(-c2cc(C)on2)c1C. The monoisotopic (exact) mass is 434 g/mol. The number of nitrogens with zero attached hydrogens (tertiary/aromatic N) is 4. The lowest BCUT2D eigenvalue weighted by molar-refractivity contribution is 0.0465. The summed E-state index contributed by atoms with van der Waals surface area (Å²) in [4.78, 5) is 25.4. The number of Topliss-reactive ketones (excluding diaryl/α,β-unsaturated/α-hetero) is 1. The van der Waals surface area contributed by atoms with E-state index in [0.29, 0.717) is 22.8 Å². The van der Waals surface area contributed by atoms with Crippen molar-refractivity contribution in [2.45, 2.75) is 20.8 Å². The van der Waals surface area contributed by atoms with Crippen LogP contribution >= 0.6 is 0 Å². The molecule has 0 unspecified atom stereocenters. The van der Waals surface area contributed by atoms with Crippen LogP contribution in [-0.4, -0.2) is 45.0 Å². The minimum atomic E-state index is -0.745. The molecule has 9 heteroatoms. The predicted molar refractivity (Wildman–Crippen MR) is 115 cm³/mol. The van der Waals surface area contributed by atoms with Gasteiger partial charge in [-0.2, -0.15) is 5.10 Å². The third-order valence-electron chi connectivity index (χ3n) is 5.03. The first kappa shape index (κ1) is 21.1. The van der Waals surface area contributed by atoms with E-state index in [4.69, 9.17) is 14.0 Å². The van der Waals surface area contributed by atoms with Crippen LogP contribution in [0.15, 0.2) is 53.2 Å². The normalized spacial score (nSPS) is 10.9. The summed E-state index contributed by atoms with van der Waals surface area (Å²) >= 11 is 0. The topological polar surface area (TPSA) is 101 Å². The molecule has 0 aliphatic rings. The molecule has 0 bridgehead atoms. The molecule has 9 nitrogen and oxygen atoms in total. The zero-order valence-electron chi connectivity index (χ0n) is 18.2. The molecule has 4 rings (SSSR count). The number of para-hydroxylation sites is 1. The number of benzene rings is 1. The van der Waals surface area contributed by atoms with Crippen LogP contribution in [0.3, 0.4) is 0 Å². The number of aromatic nitrogens is 4. The van der Waals surface area contributed by atoms with E-state index in [-0.39, 0.29) is 17.2 Å². The number of ketones is 1. The predicted octanol–water partition coefficient (Wildman–Crippen LogP) is 3.62. The van der Waals surface area contributed by atoms with E-state index < -0.39 is 12.6 Å². The van der Waals surface area contributed by atoms with Crippen molar-refractivity contribution in [1.82, 2.24) is 19.5 Å². The van der Waals surface area contributed by atoms with Crippen molar-refractivity contribution in [1.29, 1.82) is 0 Å². The molecule has 164 valence electrons. The maximum Gasteiger partial charge on any atom is 0.363 e. The summed E-state index contributed by atoms with van der Waals surface area (Å²) in [5.41, 5.74) is 2.69. The number of carbonyl (C=O) groups excluding carboxylic acids is 2. The number of aryl methyl sites for hydroxylation is 2. The molecule has 0 fully saturated rings. The lowest BCUT2D eigenvalue weighted by atomic mass is 10.1. The molecule has 0 saturated carbocycles. The first-order chi connectivity index (χ1) is 15.4. The fraction of sp³-hybridized carbons (Fsp3) is 0.217. The van der Waals surface area contributed by atoms with Gasteiger partial charge in [0.15, 0.2) is 18.2 Å². The van der Waals surface area contributed by atoms with Crippen LogP contribution in [0.1, 0.15) is 38.0 Å². The van der Waals surface area contributed by atoms with Crippen LogP contribution in [-0.2, 0) is 4.74 Å². The Balaban J connectivity index is 1.50. The Labute approximate surface area is 184 Å². The molecule has 0 radical (unpaired) electrons. The van der Waals surface area contributed by atoms with Crippen molar-refractivity contribution in [3.63, 3.8) is 0 Å². The first-order valence-electron chi connectivity index (χ1n) is 9.91. The Morgan fingerprint density at radius 2 is 1.84 bits per heavy atom. The van der Waals surface area contributed by atoms with Gasteiger partial charge in [0, 0.05) is 23.0 Å². The maximum absolute atomic E-state index is 12.8. The molecule has 0 spiro atoms. The second-order valence-electron chi connectivity index (χ2n) is 7.24. The number of hydrogen-bond acceptors (Lipinski definition) is 7. The second-order valence-corrected chi connectivity index (χ2v) is 7.24. The zero-order chi connectivity index (χ0) is 22.8. The van der Waals surface area contributed by atoms with Gasteiger partial charge in [0.05, 0.1) is 19.0 Å². The largest absolute Gasteiger partial charge is 0.493 e. The molecule has 0 N–H and O–H groups in total. The molecule has 4 aromatic rings. The average molecular weight is 434 g/mol. The fourth-order valence-electron chi connectivity index (χ4n) is 3.50. The highest BCUT2D eigenvalue weighted by atomic mass is 16.5. The highest BCUT2D eigenvalue weighted by Gasteiger charge is 2.23. The third kappa shape index (κ3) is 3.92. The number of methoxy groups -OCH3 is 1. The molecule has 32 heavy (non-hydrogen) atoms. The lowest BCUT2D eigenvalue weighted by Crippen LogP contribution is -2.16. The first-order valence-corrected chi connectivity index (χ1v) is 9.91. The summed E-state index contributed by atoms with van der Waals surface area (Å²) < 4.78 is 19.0. The van der Waals surface area contributed by atoms with Crippen LogP contribution < -0.4 is 4.74 Å². The molecule has 3 heterocycles. The lowest BCUT2D eigenvalue weighted by Gasteiger charge is -2.06. The van der Waals surface area contributed by atoms with Gasteiger partial charge in [-0.05, 0) is 39.0 Å². The molecule has 0 amide bonds. The fourth-order valence-corrected chi connectivity index (χ4v) is 3.50. The van der Waals surface area contributed by atoms with Gasteiger partial charge in [0.2, 0.25) is 11.5 Å². The Morgan fingerprint density at radius 3 is 2.50 bits per heavy atom. The summed E-state index contributed by atoms with van der Waals surface area (Å²) in [5, 5.41) is 8.27. The summed E-state index contributed by atoms with van der Waals surface area (Å²) in [6.07, 6.45) is 1.58. The molecule has 0 aliphatic heterocycles. The molecule has 1 aromatic carbocycles. The van der Waals surface area contributed by atoms with Crippen molar-refractivity contribution in [2.24, 2.45) is 0 Å². The summed E-state index contributed by atoms with van der Waals surface area (Å²) in [7, 11) is 1.44. The van der Waals surface area contributed by atoms with E-state index in [9.17, 15) is 9.59 Å². The Bertz CT molecular complexity index is 1280. The molecule has 3 aromatic heterocycles. The number of esters is 1. The highest BCUT2D eigenvalue weighted by Crippen LogP contribution is 2.23. The van der Waals surface area contributed by atoms with Crippen molar-refractivity contribution in [3.8, 4) is 17.3 Å².